The van der Waals surface area contributed by atoms with Crippen LogP contribution in [-0.4, -0.2) is 35.9 Å². The van der Waals surface area contributed by atoms with Gasteiger partial charge in [-0.3, -0.25) is 4.79 Å². The zero-order valence-corrected chi connectivity index (χ0v) is 20.0. The van der Waals surface area contributed by atoms with Crippen molar-refractivity contribution < 1.29 is 13.2 Å². The second kappa shape index (κ2) is 10.3. The van der Waals surface area contributed by atoms with Crippen LogP contribution in [0, 0.1) is 6.92 Å². The van der Waals surface area contributed by atoms with Gasteiger partial charge in [0.2, 0.25) is 5.91 Å². The van der Waals surface area contributed by atoms with Crippen molar-refractivity contribution in [2.24, 2.45) is 0 Å². The highest BCUT2D eigenvalue weighted by Gasteiger charge is 2.31. The summed E-state index contributed by atoms with van der Waals surface area (Å²) in [4.78, 5) is 12.6. The predicted octanol–water partition coefficient (Wildman–Crippen LogP) is 4.12. The minimum Gasteiger partial charge on any atom is -0.354 e. The van der Waals surface area contributed by atoms with Gasteiger partial charge in [-0.1, -0.05) is 79.2 Å². The summed E-state index contributed by atoms with van der Waals surface area (Å²) in [5.74, 6) is -0.781. The summed E-state index contributed by atoms with van der Waals surface area (Å²) in [5.41, 5.74) is 3.06. The SMILES string of the molecule is Cc1nn(Cc2ccccc2)c(Cl)c1CS(=O)(=O)C(C)C(=O)NCC(C)c1ccccc1. The Morgan fingerprint density at radius 2 is 1.66 bits per heavy atom. The first-order chi connectivity index (χ1) is 15.2. The molecule has 0 bridgehead atoms. The maximum absolute atomic E-state index is 13.0. The summed E-state index contributed by atoms with van der Waals surface area (Å²) in [7, 11) is -3.78. The van der Waals surface area contributed by atoms with E-state index >= 15 is 0 Å². The minimum atomic E-state index is -3.78. The molecule has 0 aliphatic rings. The van der Waals surface area contributed by atoms with Crippen molar-refractivity contribution in [2.75, 3.05) is 6.54 Å². The highest BCUT2D eigenvalue weighted by molar-refractivity contribution is 7.92. The Kier molecular flexibility index (Phi) is 7.74. The van der Waals surface area contributed by atoms with Gasteiger partial charge in [0.1, 0.15) is 10.4 Å². The van der Waals surface area contributed by atoms with Crippen molar-refractivity contribution in [3.8, 4) is 0 Å². The van der Waals surface area contributed by atoms with Crippen LogP contribution in [0.1, 0.15) is 42.1 Å². The smallest absolute Gasteiger partial charge is 0.238 e. The fourth-order valence-corrected chi connectivity index (χ4v) is 5.19. The first-order valence-corrected chi connectivity index (χ1v) is 12.6. The highest BCUT2D eigenvalue weighted by atomic mass is 35.5. The molecule has 8 heteroatoms. The third-order valence-corrected chi connectivity index (χ3v) is 7.97. The minimum absolute atomic E-state index is 0.0722. The topological polar surface area (TPSA) is 81.1 Å². The number of hydrogen-bond acceptors (Lipinski definition) is 4. The third-order valence-electron chi connectivity index (χ3n) is 5.56. The Morgan fingerprint density at radius 1 is 1.06 bits per heavy atom. The Balaban J connectivity index is 1.66. The number of aryl methyl sites for hydroxylation is 1. The van der Waals surface area contributed by atoms with Gasteiger partial charge in [-0.15, -0.1) is 0 Å². The van der Waals surface area contributed by atoms with E-state index in [0.717, 1.165) is 11.1 Å². The van der Waals surface area contributed by atoms with Crippen LogP contribution in [0.4, 0.5) is 0 Å². The Morgan fingerprint density at radius 3 is 2.28 bits per heavy atom. The van der Waals surface area contributed by atoms with Crippen molar-refractivity contribution >= 4 is 27.3 Å². The van der Waals surface area contributed by atoms with Crippen LogP contribution in [-0.2, 0) is 26.9 Å². The number of amides is 1. The molecule has 0 spiro atoms. The number of nitrogens with one attached hydrogen (secondary N) is 1. The van der Waals surface area contributed by atoms with E-state index in [2.05, 4.69) is 10.4 Å². The number of carbonyl (C=O) groups excluding carboxylic acids is 1. The number of nitrogens with zero attached hydrogens (tertiary/aromatic N) is 2. The maximum atomic E-state index is 13.0. The third kappa shape index (κ3) is 5.78. The average Bonchev–Trinajstić information content (AvgIpc) is 3.04. The van der Waals surface area contributed by atoms with Crippen LogP contribution in [0.2, 0.25) is 5.15 Å². The van der Waals surface area contributed by atoms with Crippen molar-refractivity contribution in [3.63, 3.8) is 0 Å². The molecule has 1 aromatic heterocycles. The van der Waals surface area contributed by atoms with Gasteiger partial charge in [-0.25, -0.2) is 13.1 Å². The number of halogens is 1. The molecule has 2 unspecified atom stereocenters. The van der Waals surface area contributed by atoms with Gasteiger partial charge in [0.15, 0.2) is 9.84 Å². The van der Waals surface area contributed by atoms with Gasteiger partial charge in [-0.2, -0.15) is 5.10 Å². The Hall–Kier alpha value is -2.64. The molecule has 3 rings (SSSR count). The molecule has 1 amide bonds. The summed E-state index contributed by atoms with van der Waals surface area (Å²) < 4.78 is 27.5. The molecular weight excluding hydrogens is 446 g/mol. The van der Waals surface area contributed by atoms with Crippen LogP contribution in [0.25, 0.3) is 0 Å². The van der Waals surface area contributed by atoms with E-state index in [9.17, 15) is 13.2 Å². The van der Waals surface area contributed by atoms with Gasteiger partial charge >= 0.3 is 0 Å². The quantitative estimate of drug-likeness (QED) is 0.507. The van der Waals surface area contributed by atoms with Gasteiger partial charge in [0.05, 0.1) is 18.0 Å². The van der Waals surface area contributed by atoms with Crippen molar-refractivity contribution in [1.29, 1.82) is 0 Å². The van der Waals surface area contributed by atoms with Crippen molar-refractivity contribution in [2.45, 2.75) is 44.2 Å². The van der Waals surface area contributed by atoms with Gasteiger partial charge in [-0.05, 0) is 30.9 Å². The maximum Gasteiger partial charge on any atom is 0.238 e. The van der Waals surface area contributed by atoms with E-state index in [4.69, 9.17) is 11.6 Å². The molecule has 0 aliphatic heterocycles. The van der Waals surface area contributed by atoms with Crippen molar-refractivity contribution in [1.82, 2.24) is 15.1 Å². The zero-order valence-electron chi connectivity index (χ0n) is 18.5. The number of hydrogen-bond donors (Lipinski definition) is 1. The van der Waals surface area contributed by atoms with Gasteiger partial charge in [0, 0.05) is 12.1 Å². The molecule has 32 heavy (non-hydrogen) atoms. The lowest BCUT2D eigenvalue weighted by Gasteiger charge is -2.16. The van der Waals surface area contributed by atoms with E-state index < -0.39 is 21.0 Å². The number of aromatic nitrogens is 2. The second-order valence-electron chi connectivity index (χ2n) is 8.00. The number of benzene rings is 2. The molecule has 2 atom stereocenters. The zero-order chi connectivity index (χ0) is 23.3. The van der Waals surface area contributed by atoms with E-state index in [-0.39, 0.29) is 16.8 Å². The molecule has 170 valence electrons. The van der Waals surface area contributed by atoms with E-state index in [1.807, 2.05) is 67.6 Å². The summed E-state index contributed by atoms with van der Waals surface area (Å²) in [6.45, 7) is 5.92. The highest BCUT2D eigenvalue weighted by Crippen LogP contribution is 2.25. The molecule has 0 radical (unpaired) electrons. The van der Waals surface area contributed by atoms with Crippen LogP contribution in [0.5, 0.6) is 0 Å². The Bertz CT molecular complexity index is 1160. The largest absolute Gasteiger partial charge is 0.354 e. The van der Waals surface area contributed by atoms with E-state index in [1.165, 1.54) is 6.92 Å². The molecule has 2 aromatic carbocycles. The predicted molar refractivity (Wildman–Crippen MR) is 127 cm³/mol. The molecule has 0 fully saturated rings. The molecule has 0 saturated carbocycles. The molecule has 0 saturated heterocycles. The fourth-order valence-electron chi connectivity index (χ4n) is 3.40. The molecule has 1 heterocycles. The molecule has 3 aromatic rings. The lowest BCUT2D eigenvalue weighted by Crippen LogP contribution is -2.40. The molecular formula is C24H28ClN3O3S. The second-order valence-corrected chi connectivity index (χ2v) is 10.7. The van der Waals surface area contributed by atoms with Gasteiger partial charge < -0.3 is 5.32 Å². The van der Waals surface area contributed by atoms with Crippen LogP contribution < -0.4 is 5.32 Å². The van der Waals surface area contributed by atoms with Gasteiger partial charge in [0.25, 0.3) is 0 Å². The van der Waals surface area contributed by atoms with E-state index in [1.54, 1.807) is 11.6 Å². The monoisotopic (exact) mass is 473 g/mol. The summed E-state index contributed by atoms with van der Waals surface area (Å²) in [5, 5.41) is 6.26. The molecule has 1 N–H and O–H groups in total. The summed E-state index contributed by atoms with van der Waals surface area (Å²) >= 11 is 6.48. The first kappa shape index (κ1) is 24.0. The van der Waals surface area contributed by atoms with Crippen LogP contribution >= 0.6 is 11.6 Å². The standard InChI is InChI=1S/C24H28ClN3O3S/c1-17(21-12-8-5-9-13-21)14-26-24(29)19(3)32(30,31)16-22-18(2)27-28(23(22)25)15-20-10-6-4-7-11-20/h4-13,17,19H,14-16H2,1-3H3,(H,26,29). The van der Waals surface area contributed by atoms with E-state index in [0.29, 0.717) is 24.3 Å². The number of rotatable bonds is 9. The Labute approximate surface area is 194 Å². The van der Waals surface area contributed by atoms with Crippen LogP contribution in [0.3, 0.4) is 0 Å². The number of sulfone groups is 1. The van der Waals surface area contributed by atoms with Crippen molar-refractivity contribution in [3.05, 3.63) is 88.2 Å². The average molecular weight is 474 g/mol. The molecule has 6 nitrogen and oxygen atoms in total. The fraction of sp³-hybridized carbons (Fsp3) is 0.333. The summed E-state index contributed by atoms with van der Waals surface area (Å²) in [6.07, 6.45) is 0. The lowest BCUT2D eigenvalue weighted by molar-refractivity contribution is -0.120. The van der Waals surface area contributed by atoms with Crippen LogP contribution in [0.15, 0.2) is 60.7 Å². The first-order valence-electron chi connectivity index (χ1n) is 10.5. The summed E-state index contributed by atoms with van der Waals surface area (Å²) in [6, 6.07) is 19.4. The normalized spacial score (nSPS) is 13.5. The number of carbonyl (C=O) groups is 1. The lowest BCUT2D eigenvalue weighted by atomic mass is 10.0. The molecule has 0 aliphatic carbocycles.